The fourth-order valence-electron chi connectivity index (χ4n) is 7.82. The molecule has 1 spiro atoms. The summed E-state index contributed by atoms with van der Waals surface area (Å²) >= 11 is 0. The molecule has 174 valence electrons. The van der Waals surface area contributed by atoms with Gasteiger partial charge in [-0.1, -0.05) is 6.92 Å². The Labute approximate surface area is 186 Å². The van der Waals surface area contributed by atoms with Crippen molar-refractivity contribution in [1.82, 2.24) is 0 Å². The van der Waals surface area contributed by atoms with Crippen LogP contribution >= 0.6 is 0 Å². The van der Waals surface area contributed by atoms with Crippen LogP contribution in [0.4, 0.5) is 5.69 Å². The molecule has 2 heterocycles. The lowest BCUT2D eigenvalue weighted by Crippen LogP contribution is -2.59. The van der Waals surface area contributed by atoms with E-state index in [-0.39, 0.29) is 35.1 Å². The van der Waals surface area contributed by atoms with E-state index in [9.17, 15) is 24.9 Å². The maximum absolute atomic E-state index is 12.8. The highest BCUT2D eigenvalue weighted by molar-refractivity contribution is 5.99. The summed E-state index contributed by atoms with van der Waals surface area (Å²) in [5, 5.41) is 42.9. The Balaban J connectivity index is 1.34. The molecule has 6 rings (SSSR count). The van der Waals surface area contributed by atoms with Gasteiger partial charge in [0.2, 0.25) is 5.91 Å². The topological polar surface area (TPSA) is 136 Å². The van der Waals surface area contributed by atoms with E-state index in [4.69, 9.17) is 9.84 Å². The average molecular weight is 446 g/mol. The van der Waals surface area contributed by atoms with Gasteiger partial charge >= 0.3 is 5.97 Å². The van der Waals surface area contributed by atoms with Crippen molar-refractivity contribution in [3.63, 3.8) is 0 Å². The van der Waals surface area contributed by atoms with Crippen LogP contribution in [-0.2, 0) is 9.53 Å². The van der Waals surface area contributed by atoms with Crippen molar-refractivity contribution >= 4 is 17.6 Å². The molecule has 8 nitrogen and oxygen atoms in total. The molecule has 5 aliphatic rings. The second-order valence-corrected chi connectivity index (χ2v) is 10.9. The van der Waals surface area contributed by atoms with E-state index in [2.05, 4.69) is 19.2 Å². The van der Waals surface area contributed by atoms with E-state index < -0.39 is 40.5 Å². The van der Waals surface area contributed by atoms with Crippen LogP contribution in [0.1, 0.15) is 69.2 Å². The highest BCUT2D eigenvalue weighted by atomic mass is 16.5. The number of rotatable bonds is 5. The Morgan fingerprint density at radius 2 is 2.00 bits per heavy atom. The Morgan fingerprint density at radius 3 is 2.69 bits per heavy atom. The summed E-state index contributed by atoms with van der Waals surface area (Å²) in [5.74, 6) is -2.13. The molecule has 1 aromatic carbocycles. The number of benzene rings is 1. The van der Waals surface area contributed by atoms with E-state index >= 15 is 0 Å². The minimum absolute atomic E-state index is 0.0496. The predicted octanol–water partition coefficient (Wildman–Crippen LogP) is 3.25. The SMILES string of the molecule is C[C@]1(CCC(=O)Nc2c(O)ccc(C(=O)O)c2O)[C@@H]2[C@@H]3C[C@@H]4C[C@@]2(CC[C@@H]1O)C[C@]4(C)O3. The Hall–Kier alpha value is -2.32. The summed E-state index contributed by atoms with van der Waals surface area (Å²) in [6.07, 6.45) is 4.96. The summed E-state index contributed by atoms with van der Waals surface area (Å²) in [4.78, 5) is 24.0. The maximum Gasteiger partial charge on any atom is 0.339 e. The molecule has 5 N–H and O–H groups in total. The fraction of sp³-hybridized carbons (Fsp3) is 0.667. The lowest BCUT2D eigenvalue weighted by atomic mass is 9.48. The number of hydrogen-bond acceptors (Lipinski definition) is 6. The molecule has 4 bridgehead atoms. The molecule has 5 fully saturated rings. The second-order valence-electron chi connectivity index (χ2n) is 10.9. The molecule has 2 aliphatic heterocycles. The van der Waals surface area contributed by atoms with Gasteiger partial charge in [-0.3, -0.25) is 4.79 Å². The summed E-state index contributed by atoms with van der Waals surface area (Å²) in [5.41, 5.74) is -1.08. The number of phenols is 2. The largest absolute Gasteiger partial charge is 0.506 e. The third-order valence-electron chi connectivity index (χ3n) is 9.12. The van der Waals surface area contributed by atoms with E-state index in [0.717, 1.165) is 37.8 Å². The summed E-state index contributed by atoms with van der Waals surface area (Å²) < 4.78 is 6.48. The molecule has 0 aromatic heterocycles. The number of aromatic hydroxyl groups is 2. The number of aromatic carboxylic acids is 1. The summed E-state index contributed by atoms with van der Waals surface area (Å²) in [6, 6.07) is 2.20. The molecular weight excluding hydrogens is 414 g/mol. The molecule has 0 unspecified atom stereocenters. The number of nitrogens with one attached hydrogen (secondary N) is 1. The molecule has 1 amide bonds. The monoisotopic (exact) mass is 445 g/mol. The van der Waals surface area contributed by atoms with Gasteiger partial charge in [-0.15, -0.1) is 0 Å². The number of carbonyl (C=O) groups excluding carboxylic acids is 1. The van der Waals surface area contributed by atoms with Gasteiger partial charge in [0.15, 0.2) is 5.75 Å². The van der Waals surface area contributed by atoms with Crippen molar-refractivity contribution in [3.8, 4) is 11.5 Å². The lowest BCUT2D eigenvalue weighted by molar-refractivity contribution is -0.216. The normalized spacial score (nSPS) is 41.5. The molecule has 7 atom stereocenters. The number of carboxylic acids is 1. The maximum atomic E-state index is 12.8. The molecule has 8 heteroatoms. The highest BCUT2D eigenvalue weighted by Crippen LogP contribution is 2.73. The van der Waals surface area contributed by atoms with Gasteiger partial charge < -0.3 is 30.5 Å². The number of hydrogen-bond donors (Lipinski definition) is 5. The first-order chi connectivity index (χ1) is 15.0. The van der Waals surface area contributed by atoms with Crippen molar-refractivity contribution in [1.29, 1.82) is 0 Å². The van der Waals surface area contributed by atoms with E-state index in [1.54, 1.807) is 0 Å². The minimum Gasteiger partial charge on any atom is -0.506 e. The quantitative estimate of drug-likeness (QED) is 0.439. The van der Waals surface area contributed by atoms with Crippen LogP contribution in [0.3, 0.4) is 0 Å². The third kappa shape index (κ3) is 2.88. The van der Waals surface area contributed by atoms with Crippen LogP contribution in [0.5, 0.6) is 11.5 Å². The number of phenolic OH excluding ortho intramolecular Hbond substituents is 1. The summed E-state index contributed by atoms with van der Waals surface area (Å²) in [7, 11) is 0. The van der Waals surface area contributed by atoms with E-state index in [0.29, 0.717) is 18.8 Å². The zero-order valence-corrected chi connectivity index (χ0v) is 18.4. The number of aliphatic hydroxyl groups is 1. The molecule has 3 saturated carbocycles. The van der Waals surface area contributed by atoms with Crippen molar-refractivity contribution in [2.75, 3.05) is 5.32 Å². The van der Waals surface area contributed by atoms with Gasteiger partial charge in [0.25, 0.3) is 0 Å². The summed E-state index contributed by atoms with van der Waals surface area (Å²) in [6.45, 7) is 4.29. The fourth-order valence-corrected chi connectivity index (χ4v) is 7.82. The first kappa shape index (κ1) is 21.5. The van der Waals surface area contributed by atoms with Crippen LogP contribution in [0, 0.1) is 22.7 Å². The van der Waals surface area contributed by atoms with Crippen LogP contribution in [0.2, 0.25) is 0 Å². The van der Waals surface area contributed by atoms with Gasteiger partial charge in [-0.2, -0.15) is 0 Å². The van der Waals surface area contributed by atoms with Crippen molar-refractivity contribution in [2.45, 2.75) is 76.6 Å². The van der Waals surface area contributed by atoms with Gasteiger partial charge in [0, 0.05) is 6.42 Å². The number of carboxylic acid groups (broad SMARTS) is 1. The minimum atomic E-state index is -1.36. The highest BCUT2D eigenvalue weighted by Gasteiger charge is 2.72. The van der Waals surface area contributed by atoms with Crippen molar-refractivity contribution in [2.24, 2.45) is 22.7 Å². The van der Waals surface area contributed by atoms with Gasteiger partial charge in [-0.05, 0) is 80.2 Å². The Morgan fingerprint density at radius 1 is 1.25 bits per heavy atom. The van der Waals surface area contributed by atoms with Crippen molar-refractivity contribution < 1.29 is 34.8 Å². The third-order valence-corrected chi connectivity index (χ3v) is 9.12. The first-order valence-corrected chi connectivity index (χ1v) is 11.4. The van der Waals surface area contributed by atoms with E-state index in [1.165, 1.54) is 0 Å². The number of amides is 1. The zero-order valence-electron chi connectivity index (χ0n) is 18.4. The van der Waals surface area contributed by atoms with Crippen molar-refractivity contribution in [3.05, 3.63) is 17.7 Å². The Kier molecular flexibility index (Phi) is 4.60. The molecule has 1 aromatic rings. The zero-order chi connectivity index (χ0) is 23.1. The van der Waals surface area contributed by atoms with Gasteiger partial charge in [0.1, 0.15) is 17.0 Å². The smallest absolute Gasteiger partial charge is 0.339 e. The van der Waals surface area contributed by atoms with Crippen LogP contribution in [0.15, 0.2) is 12.1 Å². The molecule has 0 radical (unpaired) electrons. The molecule has 3 aliphatic carbocycles. The van der Waals surface area contributed by atoms with Crippen LogP contribution < -0.4 is 5.32 Å². The number of ether oxygens (including phenoxy) is 1. The van der Waals surface area contributed by atoms with Crippen LogP contribution in [-0.4, -0.2) is 50.1 Å². The molecular formula is C24H31NO7. The molecule has 32 heavy (non-hydrogen) atoms. The second kappa shape index (κ2) is 6.84. The van der Waals surface area contributed by atoms with Crippen LogP contribution in [0.25, 0.3) is 0 Å². The number of aliphatic hydroxyl groups excluding tert-OH is 1. The Bertz CT molecular complexity index is 995. The van der Waals surface area contributed by atoms with Gasteiger partial charge in [0.05, 0.1) is 17.8 Å². The average Bonchev–Trinajstić information content (AvgIpc) is 3.08. The molecule has 2 saturated heterocycles. The standard InChI is InChI=1S/C24H31NO7/c1-22(7-6-17(28)25-18-14(26)4-3-13(19(18)29)21(30)31)16(27)5-8-24-10-12-9-15(20(22)24)32-23(12,2)11-24/h3-4,12,15-16,20,26-27,29H,5-11H2,1-2H3,(H,25,28)(H,30,31)/t12-,15+,16+,20+,22-,23+,24+/m1/s1. The number of anilines is 1. The number of carbonyl (C=O) groups is 2. The van der Waals surface area contributed by atoms with Gasteiger partial charge in [-0.25, -0.2) is 4.79 Å². The predicted molar refractivity (Wildman–Crippen MR) is 114 cm³/mol. The van der Waals surface area contributed by atoms with E-state index in [1.807, 2.05) is 0 Å². The first-order valence-electron chi connectivity index (χ1n) is 11.4. The lowest BCUT2D eigenvalue weighted by Gasteiger charge is -2.60.